The van der Waals surface area contributed by atoms with Gasteiger partial charge in [-0.15, -0.1) is 5.10 Å². The molecule has 0 radical (unpaired) electrons. The molecule has 0 unspecified atom stereocenters. The molecule has 0 aliphatic carbocycles. The number of halogens is 2. The molecule has 2 aromatic carbocycles. The van der Waals surface area contributed by atoms with Gasteiger partial charge in [0.1, 0.15) is 5.82 Å². The average Bonchev–Trinajstić information content (AvgIpc) is 3.28. The number of carbonyl (C=O) groups is 1. The van der Waals surface area contributed by atoms with E-state index >= 15 is 0 Å². The SMILES string of the molecule is CCOC(=O)[C@@H](C[C@H](CB(C)O)Cc1ccc(-c2cc(Cl)ccc2F)cc1)Cn1ccnn1. The van der Waals surface area contributed by atoms with Gasteiger partial charge in [-0.25, -0.2) is 4.39 Å². The summed E-state index contributed by atoms with van der Waals surface area (Å²) in [5, 5.41) is 18.3. The minimum absolute atomic E-state index is 0.0386. The zero-order valence-electron chi connectivity index (χ0n) is 18.8. The quantitative estimate of drug-likeness (QED) is 0.322. The molecule has 0 bridgehead atoms. The van der Waals surface area contributed by atoms with Crippen molar-refractivity contribution in [3.63, 3.8) is 0 Å². The highest BCUT2D eigenvalue weighted by molar-refractivity contribution is 6.48. The van der Waals surface area contributed by atoms with Crippen molar-refractivity contribution < 1.29 is 18.9 Å². The van der Waals surface area contributed by atoms with Crippen LogP contribution in [0.1, 0.15) is 18.9 Å². The van der Waals surface area contributed by atoms with Gasteiger partial charge in [-0.1, -0.05) is 47.9 Å². The fourth-order valence-corrected chi connectivity index (χ4v) is 4.25. The molecule has 0 aliphatic rings. The molecule has 6 nitrogen and oxygen atoms in total. The van der Waals surface area contributed by atoms with Crippen molar-refractivity contribution in [3.8, 4) is 11.1 Å². The molecule has 0 saturated carbocycles. The summed E-state index contributed by atoms with van der Waals surface area (Å²) in [5.74, 6) is -0.980. The van der Waals surface area contributed by atoms with Gasteiger partial charge >= 0.3 is 5.97 Å². The van der Waals surface area contributed by atoms with Crippen molar-refractivity contribution in [2.75, 3.05) is 6.61 Å². The zero-order chi connectivity index (χ0) is 23.8. The lowest BCUT2D eigenvalue weighted by Crippen LogP contribution is -2.28. The van der Waals surface area contributed by atoms with E-state index in [-0.39, 0.29) is 17.7 Å². The lowest BCUT2D eigenvalue weighted by atomic mass is 9.62. The Labute approximate surface area is 198 Å². The molecule has 9 heteroatoms. The first kappa shape index (κ1) is 24.9. The Morgan fingerprint density at radius 1 is 1.27 bits per heavy atom. The van der Waals surface area contributed by atoms with Crippen LogP contribution in [0.25, 0.3) is 11.1 Å². The van der Waals surface area contributed by atoms with Crippen LogP contribution in [0.3, 0.4) is 0 Å². The molecule has 1 heterocycles. The summed E-state index contributed by atoms with van der Waals surface area (Å²) in [6.45, 7) is 3.68. The fourth-order valence-electron chi connectivity index (χ4n) is 4.08. The molecular formula is C24H28BClFN3O3. The number of carbonyl (C=O) groups excluding carboxylic acids is 1. The second kappa shape index (κ2) is 12.0. The van der Waals surface area contributed by atoms with Crippen molar-refractivity contribution >= 4 is 24.5 Å². The molecule has 3 rings (SSSR count). The summed E-state index contributed by atoms with van der Waals surface area (Å²) in [7, 11) is 0. The summed E-state index contributed by atoms with van der Waals surface area (Å²) < 4.78 is 21.1. The second-order valence-corrected chi connectivity index (χ2v) is 8.72. The number of ether oxygens (including phenoxy) is 1. The van der Waals surface area contributed by atoms with Crippen LogP contribution < -0.4 is 0 Å². The van der Waals surface area contributed by atoms with Crippen molar-refractivity contribution in [2.24, 2.45) is 11.8 Å². The summed E-state index contributed by atoms with van der Waals surface area (Å²) >= 11 is 6.02. The number of aromatic nitrogens is 3. The summed E-state index contributed by atoms with van der Waals surface area (Å²) in [6, 6.07) is 12.1. The van der Waals surface area contributed by atoms with Gasteiger partial charge in [-0.3, -0.25) is 9.48 Å². The van der Waals surface area contributed by atoms with E-state index in [1.54, 1.807) is 36.9 Å². The normalized spacial score (nSPS) is 12.9. The first-order valence-electron chi connectivity index (χ1n) is 11.1. The minimum Gasteiger partial charge on any atom is -0.466 e. The molecule has 0 spiro atoms. The average molecular weight is 472 g/mol. The van der Waals surface area contributed by atoms with Gasteiger partial charge in [-0.05, 0) is 61.3 Å². The molecule has 1 aromatic heterocycles. The standard InChI is InChI=1S/C24H28BClFN3O3/c1-3-33-24(31)20(16-30-11-10-28-29-30)13-18(15-25(2)32)12-17-4-6-19(7-5-17)22-14-21(26)8-9-23(22)27/h4-11,14,18,20,32H,3,12-13,15-16H2,1-2H3/t18-,20+/m1/s1. The van der Waals surface area contributed by atoms with E-state index in [1.165, 1.54) is 12.1 Å². The Morgan fingerprint density at radius 3 is 2.67 bits per heavy atom. The smallest absolute Gasteiger partial charge is 0.310 e. The van der Waals surface area contributed by atoms with E-state index in [9.17, 15) is 14.2 Å². The predicted octanol–water partition coefficient (Wildman–Crippen LogP) is 4.78. The van der Waals surface area contributed by atoms with E-state index in [0.717, 1.165) is 11.1 Å². The van der Waals surface area contributed by atoms with Gasteiger partial charge in [-0.2, -0.15) is 0 Å². The van der Waals surface area contributed by atoms with Crippen LogP contribution in [0.5, 0.6) is 0 Å². The zero-order valence-corrected chi connectivity index (χ0v) is 19.6. The number of hydrogen-bond acceptors (Lipinski definition) is 5. The highest BCUT2D eigenvalue weighted by Crippen LogP contribution is 2.29. The molecular weight excluding hydrogens is 444 g/mol. The van der Waals surface area contributed by atoms with Crippen molar-refractivity contribution in [2.45, 2.75) is 39.5 Å². The topological polar surface area (TPSA) is 77.2 Å². The number of benzene rings is 2. The third-order valence-corrected chi connectivity index (χ3v) is 5.74. The van der Waals surface area contributed by atoms with Crippen molar-refractivity contribution in [1.29, 1.82) is 0 Å². The van der Waals surface area contributed by atoms with Crippen molar-refractivity contribution in [1.82, 2.24) is 15.0 Å². The van der Waals surface area contributed by atoms with E-state index in [4.69, 9.17) is 16.3 Å². The number of nitrogens with zero attached hydrogens (tertiary/aromatic N) is 3. The Bertz CT molecular complexity index is 1030. The summed E-state index contributed by atoms with van der Waals surface area (Å²) in [5.41, 5.74) is 2.22. The second-order valence-electron chi connectivity index (χ2n) is 8.29. The molecule has 0 fully saturated rings. The molecule has 33 heavy (non-hydrogen) atoms. The Balaban J connectivity index is 1.76. The third-order valence-electron chi connectivity index (χ3n) is 5.51. The van der Waals surface area contributed by atoms with E-state index < -0.39 is 12.8 Å². The third kappa shape index (κ3) is 7.40. The molecule has 1 N–H and O–H groups in total. The Hall–Kier alpha value is -2.71. The predicted molar refractivity (Wildman–Crippen MR) is 127 cm³/mol. The van der Waals surface area contributed by atoms with Crippen LogP contribution >= 0.6 is 11.6 Å². The largest absolute Gasteiger partial charge is 0.466 e. The van der Waals surface area contributed by atoms with Gasteiger partial charge in [0.05, 0.1) is 25.3 Å². The highest BCUT2D eigenvalue weighted by Gasteiger charge is 2.27. The number of esters is 1. The van der Waals surface area contributed by atoms with Crippen LogP contribution in [-0.2, 0) is 22.5 Å². The summed E-state index contributed by atoms with van der Waals surface area (Å²) in [6.07, 6.45) is 5.02. The van der Waals surface area contributed by atoms with Crippen LogP contribution in [0.2, 0.25) is 18.2 Å². The lowest BCUT2D eigenvalue weighted by molar-refractivity contribution is -0.149. The van der Waals surface area contributed by atoms with Crippen LogP contribution in [-0.4, -0.2) is 39.5 Å². The maximum atomic E-state index is 14.2. The Kier molecular flexibility index (Phi) is 9.03. The monoisotopic (exact) mass is 471 g/mol. The van der Waals surface area contributed by atoms with E-state index in [2.05, 4.69) is 10.3 Å². The maximum absolute atomic E-state index is 14.2. The molecule has 0 aliphatic heterocycles. The molecule has 174 valence electrons. The molecule has 0 saturated heterocycles. The van der Waals surface area contributed by atoms with Gasteiger partial charge < -0.3 is 9.76 Å². The first-order chi connectivity index (χ1) is 15.9. The Morgan fingerprint density at radius 2 is 2.03 bits per heavy atom. The number of rotatable bonds is 11. The first-order valence-corrected chi connectivity index (χ1v) is 11.5. The summed E-state index contributed by atoms with van der Waals surface area (Å²) in [4.78, 5) is 12.6. The molecule has 0 amide bonds. The minimum atomic E-state index is -0.510. The fraction of sp³-hybridized carbons (Fsp3) is 0.375. The van der Waals surface area contributed by atoms with Crippen LogP contribution in [0.15, 0.2) is 54.9 Å². The van der Waals surface area contributed by atoms with Gasteiger partial charge in [0.2, 0.25) is 0 Å². The van der Waals surface area contributed by atoms with Crippen LogP contribution in [0, 0.1) is 17.7 Å². The van der Waals surface area contributed by atoms with E-state index in [0.29, 0.717) is 42.9 Å². The van der Waals surface area contributed by atoms with E-state index in [1.807, 2.05) is 24.3 Å². The highest BCUT2D eigenvalue weighted by atomic mass is 35.5. The number of hydrogen-bond donors (Lipinski definition) is 1. The van der Waals surface area contributed by atoms with Gasteiger partial charge in [0, 0.05) is 16.8 Å². The van der Waals surface area contributed by atoms with Crippen LogP contribution in [0.4, 0.5) is 4.39 Å². The molecule has 3 aromatic rings. The van der Waals surface area contributed by atoms with Gasteiger partial charge in [0.15, 0.2) is 0 Å². The van der Waals surface area contributed by atoms with Crippen molar-refractivity contribution in [3.05, 3.63) is 71.3 Å². The maximum Gasteiger partial charge on any atom is 0.310 e. The lowest BCUT2D eigenvalue weighted by Gasteiger charge is -2.23. The van der Waals surface area contributed by atoms with Gasteiger partial charge in [0.25, 0.3) is 6.92 Å². The molecule has 2 atom stereocenters.